The topological polar surface area (TPSA) is 84.4 Å². The van der Waals surface area contributed by atoms with Crippen molar-refractivity contribution in [2.24, 2.45) is 5.92 Å². The highest BCUT2D eigenvalue weighted by Crippen LogP contribution is 2.17. The standard InChI is InChI=1S/C13H18N4O3/c1-20-12(19)10-4-2-7-17(8-10)9-11(18)16-13-14-5-3-6-15-13/h3,5-6,10H,2,4,7-9H2,1H3,(H,14,15,16,18)/t10-/m0/s1. The van der Waals surface area contributed by atoms with Crippen LogP contribution < -0.4 is 5.32 Å². The Bertz CT molecular complexity index is 466. The Labute approximate surface area is 117 Å². The number of ether oxygens (including phenoxy) is 1. The summed E-state index contributed by atoms with van der Waals surface area (Å²) in [4.78, 5) is 33.2. The number of likely N-dealkylation sites (tertiary alicyclic amines) is 1. The molecule has 1 fully saturated rings. The van der Waals surface area contributed by atoms with Crippen LogP contribution >= 0.6 is 0 Å². The Morgan fingerprint density at radius 2 is 2.20 bits per heavy atom. The number of anilines is 1. The minimum absolute atomic E-state index is 0.144. The number of rotatable bonds is 4. The number of amides is 1. The van der Waals surface area contributed by atoms with Crippen LogP contribution in [-0.4, -0.2) is 53.5 Å². The molecule has 0 saturated carbocycles. The number of nitrogens with one attached hydrogen (secondary N) is 1. The molecule has 1 amide bonds. The van der Waals surface area contributed by atoms with E-state index >= 15 is 0 Å². The van der Waals surface area contributed by atoms with Crippen LogP contribution in [0.3, 0.4) is 0 Å². The molecule has 1 aliphatic heterocycles. The molecule has 1 saturated heterocycles. The molecule has 2 heterocycles. The van der Waals surface area contributed by atoms with Gasteiger partial charge in [-0.1, -0.05) is 0 Å². The molecule has 1 aromatic heterocycles. The van der Waals surface area contributed by atoms with Crippen LogP contribution in [-0.2, 0) is 14.3 Å². The van der Waals surface area contributed by atoms with Gasteiger partial charge in [0.2, 0.25) is 11.9 Å². The van der Waals surface area contributed by atoms with Crippen LogP contribution in [0.2, 0.25) is 0 Å². The first-order valence-electron chi connectivity index (χ1n) is 6.56. The Balaban J connectivity index is 1.83. The maximum Gasteiger partial charge on any atom is 0.309 e. The van der Waals surface area contributed by atoms with E-state index in [1.807, 2.05) is 4.90 Å². The van der Waals surface area contributed by atoms with Crippen LogP contribution in [0.5, 0.6) is 0 Å². The molecule has 7 nitrogen and oxygen atoms in total. The Hall–Kier alpha value is -2.02. The average Bonchev–Trinajstić information content (AvgIpc) is 2.47. The summed E-state index contributed by atoms with van der Waals surface area (Å²) in [6.45, 7) is 1.58. The zero-order valence-electron chi connectivity index (χ0n) is 11.4. The third-order valence-electron chi connectivity index (χ3n) is 3.22. The maximum atomic E-state index is 11.9. The quantitative estimate of drug-likeness (QED) is 0.797. The molecule has 1 aromatic rings. The minimum Gasteiger partial charge on any atom is -0.469 e. The van der Waals surface area contributed by atoms with Crippen LogP contribution in [0.4, 0.5) is 5.95 Å². The molecule has 108 valence electrons. The summed E-state index contributed by atoms with van der Waals surface area (Å²) < 4.78 is 4.75. The summed E-state index contributed by atoms with van der Waals surface area (Å²) in [5.74, 6) is -0.239. The Morgan fingerprint density at radius 1 is 1.45 bits per heavy atom. The molecule has 2 rings (SSSR count). The van der Waals surface area contributed by atoms with Gasteiger partial charge in [-0.15, -0.1) is 0 Å². The number of carbonyl (C=O) groups excluding carboxylic acids is 2. The van der Waals surface area contributed by atoms with Gasteiger partial charge in [-0.25, -0.2) is 9.97 Å². The van der Waals surface area contributed by atoms with Gasteiger partial charge < -0.3 is 4.74 Å². The van der Waals surface area contributed by atoms with Gasteiger partial charge in [0.25, 0.3) is 0 Å². The van der Waals surface area contributed by atoms with Crippen LogP contribution in [0, 0.1) is 5.92 Å². The normalized spacial score (nSPS) is 19.4. The third-order valence-corrected chi connectivity index (χ3v) is 3.22. The fourth-order valence-corrected chi connectivity index (χ4v) is 2.29. The summed E-state index contributed by atoms with van der Waals surface area (Å²) in [5, 5.41) is 2.63. The zero-order chi connectivity index (χ0) is 14.4. The summed E-state index contributed by atoms with van der Waals surface area (Å²) in [6.07, 6.45) is 4.83. The van der Waals surface area contributed by atoms with Gasteiger partial charge in [0.15, 0.2) is 0 Å². The van der Waals surface area contributed by atoms with E-state index in [1.54, 1.807) is 18.5 Å². The molecule has 0 radical (unpaired) electrons. The van der Waals surface area contributed by atoms with Crippen LogP contribution in [0.1, 0.15) is 12.8 Å². The molecular formula is C13H18N4O3. The molecule has 20 heavy (non-hydrogen) atoms. The van der Waals surface area contributed by atoms with Crippen molar-refractivity contribution in [3.8, 4) is 0 Å². The number of piperidine rings is 1. The lowest BCUT2D eigenvalue weighted by atomic mass is 9.98. The van der Waals surface area contributed by atoms with Crippen molar-refractivity contribution in [3.05, 3.63) is 18.5 Å². The van der Waals surface area contributed by atoms with Crippen LogP contribution in [0.25, 0.3) is 0 Å². The molecule has 1 atom stereocenters. The van der Waals surface area contributed by atoms with Crippen molar-refractivity contribution < 1.29 is 14.3 Å². The van der Waals surface area contributed by atoms with Gasteiger partial charge in [0.05, 0.1) is 19.6 Å². The van der Waals surface area contributed by atoms with Crippen molar-refractivity contribution in [2.75, 3.05) is 32.1 Å². The maximum absolute atomic E-state index is 11.9. The lowest BCUT2D eigenvalue weighted by Gasteiger charge is -2.30. The second-order valence-corrected chi connectivity index (χ2v) is 4.72. The molecule has 0 aliphatic carbocycles. The predicted molar refractivity (Wildman–Crippen MR) is 71.8 cm³/mol. The highest BCUT2D eigenvalue weighted by Gasteiger charge is 2.27. The van der Waals surface area contributed by atoms with Crippen molar-refractivity contribution in [1.82, 2.24) is 14.9 Å². The second kappa shape index (κ2) is 6.95. The molecule has 0 unspecified atom stereocenters. The van der Waals surface area contributed by atoms with Crippen molar-refractivity contribution in [3.63, 3.8) is 0 Å². The van der Waals surface area contributed by atoms with E-state index in [4.69, 9.17) is 4.74 Å². The highest BCUT2D eigenvalue weighted by molar-refractivity contribution is 5.90. The summed E-state index contributed by atoms with van der Waals surface area (Å²) >= 11 is 0. The summed E-state index contributed by atoms with van der Waals surface area (Å²) in [5.41, 5.74) is 0. The molecule has 7 heteroatoms. The van der Waals surface area contributed by atoms with Gasteiger partial charge in [0.1, 0.15) is 0 Å². The van der Waals surface area contributed by atoms with Gasteiger partial charge in [-0.2, -0.15) is 0 Å². The first kappa shape index (κ1) is 14.4. The molecule has 1 N–H and O–H groups in total. The monoisotopic (exact) mass is 278 g/mol. The van der Waals surface area contributed by atoms with E-state index in [1.165, 1.54) is 7.11 Å². The first-order valence-corrected chi connectivity index (χ1v) is 6.56. The van der Waals surface area contributed by atoms with Gasteiger partial charge in [0, 0.05) is 18.9 Å². The first-order chi connectivity index (χ1) is 9.69. The number of aromatic nitrogens is 2. The van der Waals surface area contributed by atoms with E-state index in [9.17, 15) is 9.59 Å². The van der Waals surface area contributed by atoms with E-state index < -0.39 is 0 Å². The van der Waals surface area contributed by atoms with Gasteiger partial charge in [-0.3, -0.25) is 19.8 Å². The fraction of sp³-hybridized carbons (Fsp3) is 0.538. The fourth-order valence-electron chi connectivity index (χ4n) is 2.29. The number of hydrogen-bond donors (Lipinski definition) is 1. The van der Waals surface area contributed by atoms with Crippen molar-refractivity contribution in [2.45, 2.75) is 12.8 Å². The number of esters is 1. The van der Waals surface area contributed by atoms with Gasteiger partial charge >= 0.3 is 5.97 Å². The Morgan fingerprint density at radius 3 is 2.90 bits per heavy atom. The molecule has 0 aromatic carbocycles. The summed E-state index contributed by atoms with van der Waals surface area (Å²) in [7, 11) is 1.39. The lowest BCUT2D eigenvalue weighted by Crippen LogP contribution is -2.43. The van der Waals surface area contributed by atoms with E-state index in [-0.39, 0.29) is 24.3 Å². The number of nitrogens with zero attached hydrogens (tertiary/aromatic N) is 3. The largest absolute Gasteiger partial charge is 0.469 e. The number of carbonyl (C=O) groups is 2. The molecule has 1 aliphatic rings. The smallest absolute Gasteiger partial charge is 0.309 e. The van der Waals surface area contributed by atoms with Crippen LogP contribution in [0.15, 0.2) is 18.5 Å². The van der Waals surface area contributed by atoms with Crippen molar-refractivity contribution >= 4 is 17.8 Å². The van der Waals surface area contributed by atoms with E-state index in [0.29, 0.717) is 12.5 Å². The number of methoxy groups -OCH3 is 1. The lowest BCUT2D eigenvalue weighted by molar-refractivity contribution is -0.147. The highest BCUT2D eigenvalue weighted by atomic mass is 16.5. The Kier molecular flexibility index (Phi) is 5.00. The minimum atomic E-state index is -0.207. The molecule has 0 spiro atoms. The van der Waals surface area contributed by atoms with Crippen molar-refractivity contribution in [1.29, 1.82) is 0 Å². The average molecular weight is 278 g/mol. The third kappa shape index (κ3) is 3.99. The zero-order valence-corrected chi connectivity index (χ0v) is 11.4. The van der Waals surface area contributed by atoms with Gasteiger partial charge in [-0.05, 0) is 25.5 Å². The summed E-state index contributed by atoms with van der Waals surface area (Å²) in [6, 6.07) is 1.68. The molecule has 0 bridgehead atoms. The second-order valence-electron chi connectivity index (χ2n) is 4.72. The number of hydrogen-bond acceptors (Lipinski definition) is 6. The predicted octanol–water partition coefficient (Wildman–Crippen LogP) is 0.300. The molecular weight excluding hydrogens is 260 g/mol. The van der Waals surface area contributed by atoms with E-state index in [2.05, 4.69) is 15.3 Å². The SMILES string of the molecule is COC(=O)[C@H]1CCCN(CC(=O)Nc2ncccn2)C1. The van der Waals surface area contributed by atoms with E-state index in [0.717, 1.165) is 19.4 Å².